The highest BCUT2D eigenvalue weighted by atomic mass is 32.2. The molecule has 0 fully saturated rings. The first-order chi connectivity index (χ1) is 8.07. The van der Waals surface area contributed by atoms with Gasteiger partial charge in [-0.25, -0.2) is 8.42 Å². The Morgan fingerprint density at radius 2 is 2.00 bits per heavy atom. The molecule has 0 aliphatic heterocycles. The van der Waals surface area contributed by atoms with E-state index < -0.39 is 10.0 Å². The molecule has 1 aromatic carbocycles. The minimum Gasteiger partial charge on any atom is -0.313 e. The average molecular weight is 256 g/mol. The zero-order valence-electron chi connectivity index (χ0n) is 10.4. The summed E-state index contributed by atoms with van der Waals surface area (Å²) in [5.74, 6) is 0.0886. The van der Waals surface area contributed by atoms with Crippen LogP contribution in [-0.2, 0) is 16.6 Å². The van der Waals surface area contributed by atoms with Crippen LogP contribution in [-0.4, -0.2) is 20.7 Å². The van der Waals surface area contributed by atoms with E-state index in [1.807, 2.05) is 18.2 Å². The van der Waals surface area contributed by atoms with Gasteiger partial charge in [0, 0.05) is 12.2 Å². The Kier molecular flexibility index (Phi) is 5.44. The van der Waals surface area contributed by atoms with Crippen LogP contribution in [0.25, 0.3) is 0 Å². The SMILES string of the molecule is CCCNCc1cccc(NS(=O)(=O)CC)c1. The second-order valence-corrected chi connectivity index (χ2v) is 5.89. The topological polar surface area (TPSA) is 58.2 Å². The molecule has 0 atom stereocenters. The first-order valence-electron chi connectivity index (χ1n) is 5.87. The van der Waals surface area contributed by atoms with Gasteiger partial charge < -0.3 is 5.32 Å². The molecule has 0 amide bonds. The van der Waals surface area contributed by atoms with Crippen LogP contribution >= 0.6 is 0 Å². The lowest BCUT2D eigenvalue weighted by atomic mass is 10.2. The molecular weight excluding hydrogens is 236 g/mol. The first kappa shape index (κ1) is 14.0. The highest BCUT2D eigenvalue weighted by Gasteiger charge is 2.06. The minimum absolute atomic E-state index is 0.0886. The Bertz CT molecular complexity index is 444. The molecule has 0 radical (unpaired) electrons. The molecule has 0 heterocycles. The molecule has 0 aliphatic rings. The second kappa shape index (κ2) is 6.61. The van der Waals surface area contributed by atoms with Crippen molar-refractivity contribution in [2.75, 3.05) is 17.0 Å². The fourth-order valence-corrected chi connectivity index (χ4v) is 2.04. The number of rotatable bonds is 7. The Morgan fingerprint density at radius 1 is 1.24 bits per heavy atom. The van der Waals surface area contributed by atoms with Crippen molar-refractivity contribution in [1.82, 2.24) is 5.32 Å². The zero-order valence-corrected chi connectivity index (χ0v) is 11.2. The van der Waals surface area contributed by atoms with E-state index in [0.29, 0.717) is 5.69 Å². The normalized spacial score (nSPS) is 11.4. The van der Waals surface area contributed by atoms with Crippen molar-refractivity contribution in [2.45, 2.75) is 26.8 Å². The molecule has 0 aromatic heterocycles. The second-order valence-electron chi connectivity index (χ2n) is 3.88. The van der Waals surface area contributed by atoms with E-state index in [1.165, 1.54) is 0 Å². The highest BCUT2D eigenvalue weighted by molar-refractivity contribution is 7.92. The van der Waals surface area contributed by atoms with E-state index in [2.05, 4.69) is 17.0 Å². The van der Waals surface area contributed by atoms with Crippen molar-refractivity contribution in [1.29, 1.82) is 0 Å². The predicted molar refractivity (Wildman–Crippen MR) is 71.5 cm³/mol. The molecule has 0 saturated heterocycles. The van der Waals surface area contributed by atoms with Gasteiger partial charge >= 0.3 is 0 Å². The summed E-state index contributed by atoms with van der Waals surface area (Å²) in [7, 11) is -3.18. The van der Waals surface area contributed by atoms with Crippen molar-refractivity contribution in [2.24, 2.45) is 0 Å². The molecule has 4 nitrogen and oxygen atoms in total. The third-order valence-electron chi connectivity index (χ3n) is 2.34. The third-order valence-corrected chi connectivity index (χ3v) is 3.64. The largest absolute Gasteiger partial charge is 0.313 e. The molecule has 0 unspecified atom stereocenters. The Hall–Kier alpha value is -1.07. The standard InChI is InChI=1S/C12H20N2O2S/c1-3-8-13-10-11-6-5-7-12(9-11)14-17(15,16)4-2/h5-7,9,13-14H,3-4,8,10H2,1-2H3. The Labute approximate surface area is 103 Å². The molecular formula is C12H20N2O2S. The van der Waals surface area contributed by atoms with E-state index in [0.717, 1.165) is 25.1 Å². The average Bonchev–Trinajstić information content (AvgIpc) is 2.29. The predicted octanol–water partition coefficient (Wildman–Crippen LogP) is 1.95. The van der Waals surface area contributed by atoms with Crippen LogP contribution in [0.1, 0.15) is 25.8 Å². The molecule has 0 saturated carbocycles. The molecule has 96 valence electrons. The fraction of sp³-hybridized carbons (Fsp3) is 0.500. The number of hydrogen-bond acceptors (Lipinski definition) is 3. The Balaban J connectivity index is 2.66. The molecule has 1 aromatic rings. The lowest BCUT2D eigenvalue weighted by Gasteiger charge is -2.08. The summed E-state index contributed by atoms with van der Waals surface area (Å²) >= 11 is 0. The summed E-state index contributed by atoms with van der Waals surface area (Å²) in [5.41, 5.74) is 1.71. The van der Waals surface area contributed by atoms with Gasteiger partial charge in [0.15, 0.2) is 0 Å². The number of anilines is 1. The lowest BCUT2D eigenvalue weighted by molar-refractivity contribution is 0.602. The Morgan fingerprint density at radius 3 is 2.65 bits per heavy atom. The lowest BCUT2D eigenvalue weighted by Crippen LogP contribution is -2.16. The van der Waals surface area contributed by atoms with Crippen LogP contribution in [0.5, 0.6) is 0 Å². The van der Waals surface area contributed by atoms with Gasteiger partial charge in [-0.1, -0.05) is 19.1 Å². The van der Waals surface area contributed by atoms with Gasteiger partial charge in [-0.05, 0) is 37.6 Å². The van der Waals surface area contributed by atoms with Gasteiger partial charge in [-0.15, -0.1) is 0 Å². The molecule has 0 spiro atoms. The van der Waals surface area contributed by atoms with Gasteiger partial charge in [0.2, 0.25) is 10.0 Å². The van der Waals surface area contributed by atoms with Gasteiger partial charge in [0.05, 0.1) is 5.75 Å². The quantitative estimate of drug-likeness (QED) is 0.733. The molecule has 5 heteroatoms. The van der Waals surface area contributed by atoms with Crippen molar-refractivity contribution in [3.05, 3.63) is 29.8 Å². The van der Waals surface area contributed by atoms with E-state index in [9.17, 15) is 8.42 Å². The van der Waals surface area contributed by atoms with E-state index in [1.54, 1.807) is 13.0 Å². The van der Waals surface area contributed by atoms with Gasteiger partial charge in [-0.2, -0.15) is 0 Å². The van der Waals surface area contributed by atoms with Crippen LogP contribution in [0.4, 0.5) is 5.69 Å². The van der Waals surface area contributed by atoms with Crippen molar-refractivity contribution in [3.63, 3.8) is 0 Å². The molecule has 17 heavy (non-hydrogen) atoms. The van der Waals surface area contributed by atoms with E-state index in [4.69, 9.17) is 0 Å². The van der Waals surface area contributed by atoms with Crippen LogP contribution < -0.4 is 10.0 Å². The first-order valence-corrected chi connectivity index (χ1v) is 7.52. The highest BCUT2D eigenvalue weighted by Crippen LogP contribution is 2.12. The number of sulfonamides is 1. The summed E-state index contributed by atoms with van der Waals surface area (Å²) in [4.78, 5) is 0. The molecule has 1 rings (SSSR count). The van der Waals surface area contributed by atoms with E-state index >= 15 is 0 Å². The summed E-state index contributed by atoms with van der Waals surface area (Å²) in [6.07, 6.45) is 1.09. The van der Waals surface area contributed by atoms with Crippen molar-refractivity contribution in [3.8, 4) is 0 Å². The van der Waals surface area contributed by atoms with Crippen LogP contribution in [0.3, 0.4) is 0 Å². The number of benzene rings is 1. The van der Waals surface area contributed by atoms with Gasteiger partial charge in [0.25, 0.3) is 0 Å². The van der Waals surface area contributed by atoms with Crippen molar-refractivity contribution < 1.29 is 8.42 Å². The summed E-state index contributed by atoms with van der Waals surface area (Å²) < 4.78 is 25.4. The van der Waals surface area contributed by atoms with Crippen LogP contribution in [0.15, 0.2) is 24.3 Å². The minimum atomic E-state index is -3.18. The van der Waals surface area contributed by atoms with Crippen LogP contribution in [0, 0.1) is 0 Å². The molecule has 2 N–H and O–H groups in total. The smallest absolute Gasteiger partial charge is 0.232 e. The van der Waals surface area contributed by atoms with Gasteiger partial charge in [-0.3, -0.25) is 4.72 Å². The number of nitrogens with one attached hydrogen (secondary N) is 2. The summed E-state index contributed by atoms with van der Waals surface area (Å²) in [6.45, 7) is 5.45. The van der Waals surface area contributed by atoms with Crippen LogP contribution in [0.2, 0.25) is 0 Å². The fourth-order valence-electron chi connectivity index (χ4n) is 1.41. The maximum Gasteiger partial charge on any atom is 0.232 e. The maximum absolute atomic E-state index is 11.4. The third kappa shape index (κ3) is 5.19. The van der Waals surface area contributed by atoms with E-state index in [-0.39, 0.29) is 5.75 Å². The molecule has 0 bridgehead atoms. The molecule has 0 aliphatic carbocycles. The maximum atomic E-state index is 11.4. The summed E-state index contributed by atoms with van der Waals surface area (Å²) in [6, 6.07) is 7.45. The summed E-state index contributed by atoms with van der Waals surface area (Å²) in [5, 5.41) is 3.28. The van der Waals surface area contributed by atoms with Gasteiger partial charge in [0.1, 0.15) is 0 Å². The number of hydrogen-bond donors (Lipinski definition) is 2. The monoisotopic (exact) mass is 256 g/mol. The van der Waals surface area contributed by atoms with Crippen molar-refractivity contribution >= 4 is 15.7 Å². The zero-order chi connectivity index (χ0) is 12.7.